The second-order valence-corrected chi connectivity index (χ2v) is 7.45. The molecular weight excluding hydrogens is 391 g/mol. The smallest absolute Gasteiger partial charge is 0.136 e. The molecule has 5 rings (SSSR count). The lowest BCUT2D eigenvalue weighted by Crippen LogP contribution is -2.43. The third kappa shape index (κ3) is 3.00. The summed E-state index contributed by atoms with van der Waals surface area (Å²) in [4.78, 5) is 8.77. The highest BCUT2D eigenvalue weighted by Crippen LogP contribution is 2.46. The van der Waals surface area contributed by atoms with Gasteiger partial charge in [0.2, 0.25) is 0 Å². The molecule has 6 heteroatoms. The summed E-state index contributed by atoms with van der Waals surface area (Å²) in [6.45, 7) is 0. The molecule has 0 aliphatic carbocycles. The number of ether oxygens (including phenoxy) is 1. The molecule has 1 aliphatic rings. The van der Waals surface area contributed by atoms with Crippen LogP contribution in [0.2, 0.25) is 0 Å². The van der Waals surface area contributed by atoms with Crippen LogP contribution in [0.25, 0.3) is 11.1 Å². The molecule has 0 fully saturated rings. The lowest BCUT2D eigenvalue weighted by Gasteiger charge is -2.32. The van der Waals surface area contributed by atoms with Crippen LogP contribution < -0.4 is 15.8 Å². The number of fused-ring (bicyclic) bond motifs is 1. The van der Waals surface area contributed by atoms with Crippen molar-refractivity contribution in [2.75, 3.05) is 7.11 Å². The number of benzene rings is 2. The van der Waals surface area contributed by atoms with E-state index in [0.29, 0.717) is 22.6 Å². The minimum Gasteiger partial charge on any atom is -0.497 e. The zero-order valence-electron chi connectivity index (χ0n) is 16.9. The molecule has 0 saturated carbocycles. The molecule has 1 aliphatic heterocycles. The van der Waals surface area contributed by atoms with Crippen LogP contribution in [-0.4, -0.2) is 17.1 Å². The minimum atomic E-state index is -1.04. The first-order valence-corrected chi connectivity index (χ1v) is 9.97. The Morgan fingerprint density at radius 1 is 1.00 bits per heavy atom. The Labute approximate surface area is 179 Å². The van der Waals surface area contributed by atoms with Crippen LogP contribution in [0.3, 0.4) is 0 Å². The van der Waals surface area contributed by atoms with Gasteiger partial charge in [-0.25, -0.2) is 4.39 Å². The van der Waals surface area contributed by atoms with Crippen molar-refractivity contribution in [3.8, 4) is 16.9 Å². The highest BCUT2D eigenvalue weighted by Gasteiger charge is 2.48. The fraction of sp³-hybridized carbons (Fsp3) is 0.120. The molecule has 0 saturated heterocycles. The summed E-state index contributed by atoms with van der Waals surface area (Å²) in [5, 5.41) is 3.43. The highest BCUT2D eigenvalue weighted by atomic mass is 19.1. The molecule has 2 aromatic heterocycles. The fourth-order valence-electron chi connectivity index (χ4n) is 4.38. The maximum absolute atomic E-state index is 16.2. The molecule has 3 N–H and O–H groups in total. The third-order valence-corrected chi connectivity index (χ3v) is 5.80. The Bertz CT molecular complexity index is 1250. The van der Waals surface area contributed by atoms with Gasteiger partial charge in [0.05, 0.1) is 19.0 Å². The Kier molecular flexibility index (Phi) is 4.73. The first-order valence-electron chi connectivity index (χ1n) is 9.97. The van der Waals surface area contributed by atoms with E-state index in [1.54, 1.807) is 37.8 Å². The summed E-state index contributed by atoms with van der Waals surface area (Å²) in [7, 11) is 1.59. The summed E-state index contributed by atoms with van der Waals surface area (Å²) < 4.78 is 21.6. The van der Waals surface area contributed by atoms with Crippen molar-refractivity contribution < 1.29 is 9.13 Å². The Hall–Kier alpha value is -3.61. The average Bonchev–Trinajstić information content (AvgIpc) is 3.13. The van der Waals surface area contributed by atoms with Gasteiger partial charge in [0, 0.05) is 35.3 Å². The van der Waals surface area contributed by atoms with Crippen LogP contribution in [0.4, 0.5) is 4.39 Å². The van der Waals surface area contributed by atoms with Gasteiger partial charge in [-0.15, -0.1) is 0 Å². The largest absolute Gasteiger partial charge is 0.497 e. The van der Waals surface area contributed by atoms with Crippen LogP contribution >= 0.6 is 0 Å². The molecule has 0 bridgehead atoms. The topological polar surface area (TPSA) is 73.1 Å². The lowest BCUT2D eigenvalue weighted by atomic mass is 9.79. The number of hydrogen-bond donors (Lipinski definition) is 2. The minimum absolute atomic E-state index is 0.342. The van der Waals surface area contributed by atoms with Crippen LogP contribution in [0.15, 0.2) is 85.3 Å². The number of halogens is 1. The predicted molar refractivity (Wildman–Crippen MR) is 117 cm³/mol. The number of aromatic nitrogens is 2. The van der Waals surface area contributed by atoms with Gasteiger partial charge in [-0.2, -0.15) is 0 Å². The van der Waals surface area contributed by atoms with Crippen LogP contribution in [0.5, 0.6) is 5.75 Å². The molecular formula is C25H21FN4O. The van der Waals surface area contributed by atoms with E-state index in [9.17, 15) is 0 Å². The summed E-state index contributed by atoms with van der Waals surface area (Å²) in [6.07, 6.45) is 4.60. The SMILES string of the molecule is COc1cccc(-c2cccc(C3(c4ccncc4)NC(N)c4cccnc43)c2F)c1. The van der Waals surface area contributed by atoms with Gasteiger partial charge in [-0.1, -0.05) is 36.4 Å². The van der Waals surface area contributed by atoms with Crippen molar-refractivity contribution in [1.82, 2.24) is 15.3 Å². The highest BCUT2D eigenvalue weighted by molar-refractivity contribution is 5.68. The molecule has 0 amide bonds. The number of nitrogens with zero attached hydrogens (tertiary/aromatic N) is 2. The van der Waals surface area contributed by atoms with Crippen molar-refractivity contribution in [3.05, 3.63) is 114 Å². The maximum atomic E-state index is 16.2. The van der Waals surface area contributed by atoms with E-state index >= 15 is 4.39 Å². The quantitative estimate of drug-likeness (QED) is 0.527. The van der Waals surface area contributed by atoms with E-state index < -0.39 is 11.7 Å². The fourth-order valence-corrected chi connectivity index (χ4v) is 4.38. The second-order valence-electron chi connectivity index (χ2n) is 7.45. The van der Waals surface area contributed by atoms with Crippen molar-refractivity contribution in [3.63, 3.8) is 0 Å². The summed E-state index contributed by atoms with van der Waals surface area (Å²) in [6, 6.07) is 20.3. The first kappa shape index (κ1) is 19.4. The number of nitrogens with two attached hydrogens (primary N) is 1. The van der Waals surface area contributed by atoms with Crippen molar-refractivity contribution in [1.29, 1.82) is 0 Å². The molecule has 5 nitrogen and oxygen atoms in total. The Morgan fingerprint density at radius 2 is 1.81 bits per heavy atom. The van der Waals surface area contributed by atoms with E-state index in [2.05, 4.69) is 15.3 Å². The molecule has 0 radical (unpaired) electrons. The van der Waals surface area contributed by atoms with Crippen molar-refractivity contribution in [2.24, 2.45) is 5.73 Å². The van der Waals surface area contributed by atoms with E-state index in [0.717, 1.165) is 16.7 Å². The molecule has 4 aromatic rings. The Balaban J connectivity index is 1.79. The number of rotatable bonds is 4. The van der Waals surface area contributed by atoms with Gasteiger partial charge in [0.1, 0.15) is 17.1 Å². The second kappa shape index (κ2) is 7.58. The van der Waals surface area contributed by atoms with Crippen LogP contribution in [-0.2, 0) is 5.54 Å². The molecule has 2 unspecified atom stereocenters. The Morgan fingerprint density at radius 3 is 2.61 bits per heavy atom. The summed E-state index contributed by atoms with van der Waals surface area (Å²) in [5.41, 5.74) is 9.39. The normalized spacial score (nSPS) is 19.8. The van der Waals surface area contributed by atoms with Gasteiger partial charge in [0.25, 0.3) is 0 Å². The van der Waals surface area contributed by atoms with Gasteiger partial charge < -0.3 is 10.5 Å². The molecule has 2 atom stereocenters. The predicted octanol–water partition coefficient (Wildman–Crippen LogP) is 4.14. The van der Waals surface area contributed by atoms with Crippen molar-refractivity contribution >= 4 is 0 Å². The monoisotopic (exact) mass is 412 g/mol. The van der Waals surface area contributed by atoms with E-state index in [1.165, 1.54) is 0 Å². The standard InChI is InChI=1S/C25H21FN4O/c1-31-18-6-2-5-16(15-18)19-7-3-9-21(22(19)26)25(17-10-13-28-14-11-17)23-20(24(27)30-25)8-4-12-29-23/h2-15,24,30H,27H2,1H3. The number of pyridine rings is 2. The first-order chi connectivity index (χ1) is 15.1. The molecule has 0 spiro atoms. The number of hydrogen-bond acceptors (Lipinski definition) is 5. The van der Waals surface area contributed by atoms with Gasteiger partial charge in [-0.05, 0) is 41.5 Å². The summed E-state index contributed by atoms with van der Waals surface area (Å²) >= 11 is 0. The van der Waals surface area contributed by atoms with Crippen molar-refractivity contribution in [2.45, 2.75) is 11.7 Å². The zero-order chi connectivity index (χ0) is 21.4. The van der Waals surface area contributed by atoms with E-state index in [-0.39, 0.29) is 5.82 Å². The van der Waals surface area contributed by atoms with Gasteiger partial charge in [0.15, 0.2) is 0 Å². The maximum Gasteiger partial charge on any atom is 0.136 e. The molecule has 31 heavy (non-hydrogen) atoms. The number of nitrogens with one attached hydrogen (secondary N) is 1. The molecule has 2 aromatic carbocycles. The van der Waals surface area contributed by atoms with Gasteiger partial charge in [-0.3, -0.25) is 15.3 Å². The third-order valence-electron chi connectivity index (χ3n) is 5.80. The number of methoxy groups -OCH3 is 1. The van der Waals surface area contributed by atoms with Crippen LogP contribution in [0, 0.1) is 5.82 Å². The van der Waals surface area contributed by atoms with E-state index in [4.69, 9.17) is 10.5 Å². The van der Waals surface area contributed by atoms with Gasteiger partial charge >= 0.3 is 0 Å². The van der Waals surface area contributed by atoms with Crippen LogP contribution in [0.1, 0.15) is 28.6 Å². The van der Waals surface area contributed by atoms with E-state index in [1.807, 2.05) is 54.6 Å². The summed E-state index contributed by atoms with van der Waals surface area (Å²) in [5.74, 6) is 0.324. The molecule has 154 valence electrons. The lowest BCUT2D eigenvalue weighted by molar-refractivity contribution is 0.415. The average molecular weight is 412 g/mol. The zero-order valence-corrected chi connectivity index (χ0v) is 16.9. The molecule has 3 heterocycles.